The highest BCUT2D eigenvalue weighted by Crippen LogP contribution is 2.21. The van der Waals surface area contributed by atoms with Gasteiger partial charge in [0.05, 0.1) is 5.69 Å². The summed E-state index contributed by atoms with van der Waals surface area (Å²) in [6, 6.07) is 12.2. The van der Waals surface area contributed by atoms with Crippen molar-refractivity contribution in [3.05, 3.63) is 60.2 Å². The molecule has 4 nitrogen and oxygen atoms in total. The molecule has 1 atom stereocenters. The van der Waals surface area contributed by atoms with Crippen molar-refractivity contribution in [3.8, 4) is 5.75 Å². The Hall–Kier alpha value is -2.63. The van der Waals surface area contributed by atoms with E-state index in [0.29, 0.717) is 37.6 Å². The number of rotatable bonds is 4. The van der Waals surface area contributed by atoms with E-state index in [9.17, 15) is 13.6 Å². The van der Waals surface area contributed by atoms with Gasteiger partial charge >= 0.3 is 0 Å². The van der Waals surface area contributed by atoms with Crippen LogP contribution in [-0.2, 0) is 4.79 Å². The highest BCUT2D eigenvalue weighted by atomic mass is 19.1. The Morgan fingerprint density at radius 2 is 1.64 bits per heavy atom. The number of carbonyl (C=O) groups is 1. The Morgan fingerprint density at radius 1 is 1.00 bits per heavy atom. The number of hydrogen-bond acceptors (Lipinski definition) is 3. The van der Waals surface area contributed by atoms with Crippen molar-refractivity contribution in [1.29, 1.82) is 0 Å². The number of anilines is 1. The predicted molar refractivity (Wildman–Crippen MR) is 91.7 cm³/mol. The molecule has 1 unspecified atom stereocenters. The van der Waals surface area contributed by atoms with Gasteiger partial charge in [0, 0.05) is 26.2 Å². The van der Waals surface area contributed by atoms with Crippen molar-refractivity contribution < 1.29 is 18.3 Å². The fraction of sp³-hybridized carbons (Fsp3) is 0.316. The topological polar surface area (TPSA) is 32.8 Å². The maximum absolute atomic E-state index is 13.9. The van der Waals surface area contributed by atoms with Crippen LogP contribution in [0.3, 0.4) is 0 Å². The molecular formula is C19H20F2N2O2. The molecule has 1 aliphatic rings. The molecule has 3 rings (SSSR count). The predicted octanol–water partition coefficient (Wildman–Crippen LogP) is 3.08. The van der Waals surface area contributed by atoms with Crippen molar-refractivity contribution in [3.63, 3.8) is 0 Å². The van der Waals surface area contributed by atoms with E-state index in [2.05, 4.69) is 0 Å². The standard InChI is InChI=1S/C19H20F2N2O2/c1-14(25-16-8-6-15(20)7-9-16)19(24)23-12-10-22(11-13-23)18-5-3-2-4-17(18)21/h2-9,14H,10-13H2,1H3. The summed E-state index contributed by atoms with van der Waals surface area (Å²) in [5.74, 6) is -0.282. The van der Waals surface area contributed by atoms with Crippen molar-refractivity contribution in [1.82, 2.24) is 4.90 Å². The van der Waals surface area contributed by atoms with Gasteiger partial charge in [0.15, 0.2) is 6.10 Å². The molecule has 0 aliphatic carbocycles. The molecule has 25 heavy (non-hydrogen) atoms. The summed E-state index contributed by atoms with van der Waals surface area (Å²) >= 11 is 0. The van der Waals surface area contributed by atoms with E-state index in [1.165, 1.54) is 30.3 Å². The smallest absolute Gasteiger partial charge is 0.263 e. The first-order valence-electron chi connectivity index (χ1n) is 8.25. The first-order chi connectivity index (χ1) is 12.0. The first-order valence-corrected chi connectivity index (χ1v) is 8.25. The summed E-state index contributed by atoms with van der Waals surface area (Å²) in [5, 5.41) is 0. The molecule has 1 heterocycles. The van der Waals surface area contributed by atoms with Gasteiger partial charge in [0.1, 0.15) is 17.4 Å². The van der Waals surface area contributed by atoms with Gasteiger partial charge in [-0.2, -0.15) is 0 Å². The van der Waals surface area contributed by atoms with E-state index in [1.54, 1.807) is 30.0 Å². The molecule has 1 aliphatic heterocycles. The van der Waals surface area contributed by atoms with Gasteiger partial charge in [0.25, 0.3) is 5.91 Å². The number of ether oxygens (including phenoxy) is 1. The van der Waals surface area contributed by atoms with Gasteiger partial charge in [-0.1, -0.05) is 12.1 Å². The minimum Gasteiger partial charge on any atom is -0.481 e. The Labute approximate surface area is 145 Å². The van der Waals surface area contributed by atoms with Crippen LogP contribution in [0.15, 0.2) is 48.5 Å². The minimum absolute atomic E-state index is 0.127. The summed E-state index contributed by atoms with van der Waals surface area (Å²) < 4.78 is 32.4. The van der Waals surface area contributed by atoms with Crippen LogP contribution in [0.4, 0.5) is 14.5 Å². The number of benzene rings is 2. The Kier molecular flexibility index (Phi) is 5.16. The lowest BCUT2D eigenvalue weighted by Crippen LogP contribution is -2.52. The highest BCUT2D eigenvalue weighted by molar-refractivity contribution is 5.81. The lowest BCUT2D eigenvalue weighted by Gasteiger charge is -2.37. The van der Waals surface area contributed by atoms with Crippen LogP contribution < -0.4 is 9.64 Å². The van der Waals surface area contributed by atoms with E-state index in [1.807, 2.05) is 4.90 Å². The molecule has 0 saturated carbocycles. The number of amides is 1. The Morgan fingerprint density at radius 3 is 2.28 bits per heavy atom. The molecule has 1 amide bonds. The number of carbonyl (C=O) groups excluding carboxylic acids is 1. The van der Waals surface area contributed by atoms with E-state index < -0.39 is 6.10 Å². The second-order valence-corrected chi connectivity index (χ2v) is 5.98. The lowest BCUT2D eigenvalue weighted by molar-refractivity contribution is -0.138. The third-order valence-electron chi connectivity index (χ3n) is 4.26. The van der Waals surface area contributed by atoms with E-state index >= 15 is 0 Å². The third kappa shape index (κ3) is 4.07. The molecule has 0 bridgehead atoms. The number of hydrogen-bond donors (Lipinski definition) is 0. The average molecular weight is 346 g/mol. The minimum atomic E-state index is -0.662. The van der Waals surface area contributed by atoms with Crippen LogP contribution in [-0.4, -0.2) is 43.1 Å². The maximum atomic E-state index is 13.9. The van der Waals surface area contributed by atoms with E-state index in [4.69, 9.17) is 4.74 Å². The first kappa shape index (κ1) is 17.2. The number of halogens is 2. The molecule has 2 aromatic rings. The fourth-order valence-electron chi connectivity index (χ4n) is 2.90. The molecule has 2 aromatic carbocycles. The average Bonchev–Trinajstić information content (AvgIpc) is 2.63. The number of para-hydroxylation sites is 1. The second kappa shape index (κ2) is 7.51. The van der Waals surface area contributed by atoms with Crippen molar-refractivity contribution in [2.45, 2.75) is 13.0 Å². The summed E-state index contributed by atoms with van der Waals surface area (Å²) in [4.78, 5) is 16.2. The van der Waals surface area contributed by atoms with Gasteiger partial charge in [0.2, 0.25) is 0 Å². The normalized spacial score (nSPS) is 15.8. The van der Waals surface area contributed by atoms with E-state index in [0.717, 1.165) is 0 Å². The van der Waals surface area contributed by atoms with Crippen molar-refractivity contribution in [2.24, 2.45) is 0 Å². The van der Waals surface area contributed by atoms with Crippen LogP contribution in [0.2, 0.25) is 0 Å². The second-order valence-electron chi connectivity index (χ2n) is 5.98. The Balaban J connectivity index is 1.56. The molecular weight excluding hydrogens is 326 g/mol. The summed E-state index contributed by atoms with van der Waals surface area (Å²) in [7, 11) is 0. The van der Waals surface area contributed by atoms with Crippen LogP contribution in [0.25, 0.3) is 0 Å². The maximum Gasteiger partial charge on any atom is 0.263 e. The van der Waals surface area contributed by atoms with Gasteiger partial charge in [-0.05, 0) is 43.3 Å². The molecule has 1 fully saturated rings. The SMILES string of the molecule is CC(Oc1ccc(F)cc1)C(=O)N1CCN(c2ccccc2F)CC1. The summed E-state index contributed by atoms with van der Waals surface area (Å²) in [5.41, 5.74) is 0.560. The quantitative estimate of drug-likeness (QED) is 0.853. The zero-order chi connectivity index (χ0) is 17.8. The van der Waals surface area contributed by atoms with Gasteiger partial charge in [-0.25, -0.2) is 8.78 Å². The molecule has 0 N–H and O–H groups in total. The van der Waals surface area contributed by atoms with Gasteiger partial charge in [-0.15, -0.1) is 0 Å². The van der Waals surface area contributed by atoms with Crippen molar-refractivity contribution >= 4 is 11.6 Å². The van der Waals surface area contributed by atoms with Crippen LogP contribution >= 0.6 is 0 Å². The largest absolute Gasteiger partial charge is 0.481 e. The van der Waals surface area contributed by atoms with E-state index in [-0.39, 0.29) is 17.5 Å². The molecule has 0 spiro atoms. The van der Waals surface area contributed by atoms with Crippen LogP contribution in [0.5, 0.6) is 5.75 Å². The molecule has 1 saturated heterocycles. The molecule has 132 valence electrons. The summed E-state index contributed by atoms with van der Waals surface area (Å²) in [6.07, 6.45) is -0.662. The number of nitrogens with zero attached hydrogens (tertiary/aromatic N) is 2. The molecule has 0 radical (unpaired) electrons. The number of piperazine rings is 1. The van der Waals surface area contributed by atoms with Gasteiger partial charge in [-0.3, -0.25) is 4.79 Å². The summed E-state index contributed by atoms with van der Waals surface area (Å²) in [6.45, 7) is 3.81. The van der Waals surface area contributed by atoms with Crippen LogP contribution in [0.1, 0.15) is 6.92 Å². The van der Waals surface area contributed by atoms with Gasteiger partial charge < -0.3 is 14.5 Å². The van der Waals surface area contributed by atoms with Crippen LogP contribution in [0, 0.1) is 11.6 Å². The van der Waals surface area contributed by atoms with Crippen molar-refractivity contribution in [2.75, 3.05) is 31.1 Å². The third-order valence-corrected chi connectivity index (χ3v) is 4.26. The fourth-order valence-corrected chi connectivity index (χ4v) is 2.90. The monoisotopic (exact) mass is 346 g/mol. The molecule has 0 aromatic heterocycles. The lowest BCUT2D eigenvalue weighted by atomic mass is 10.2. The Bertz CT molecular complexity index is 728. The zero-order valence-corrected chi connectivity index (χ0v) is 14.0. The zero-order valence-electron chi connectivity index (χ0n) is 14.0. The molecule has 6 heteroatoms. The highest BCUT2D eigenvalue weighted by Gasteiger charge is 2.26.